The first-order chi connectivity index (χ1) is 19.9. The number of rotatable bonds is 9. The number of aliphatic hydroxyl groups is 2. The van der Waals surface area contributed by atoms with Crippen molar-refractivity contribution in [1.29, 1.82) is 0 Å². The molecule has 0 spiro atoms. The molecule has 10 nitrogen and oxygen atoms in total. The number of carbonyl (C=O) groups is 1. The van der Waals surface area contributed by atoms with E-state index in [0.717, 1.165) is 51.6 Å². The lowest BCUT2D eigenvalue weighted by Crippen LogP contribution is -2.37. The molecule has 3 aromatic heterocycles. The molecular weight excluding hydrogens is 538 g/mol. The minimum atomic E-state index is -1.22. The predicted octanol–water partition coefficient (Wildman–Crippen LogP) is 4.32. The molecule has 1 aromatic carbocycles. The highest BCUT2D eigenvalue weighted by Crippen LogP contribution is 2.44. The van der Waals surface area contributed by atoms with Crippen LogP contribution in [0.1, 0.15) is 49.4 Å². The van der Waals surface area contributed by atoms with Gasteiger partial charge in [0.05, 0.1) is 39.7 Å². The zero-order valence-electron chi connectivity index (χ0n) is 22.7. The third kappa shape index (κ3) is 5.37. The Bertz CT molecular complexity index is 1590. The first-order valence-corrected chi connectivity index (χ1v) is 15.1. The number of aromatic nitrogens is 4. The third-order valence-corrected chi connectivity index (χ3v) is 9.27. The van der Waals surface area contributed by atoms with Gasteiger partial charge in [0.25, 0.3) is 0 Å². The Morgan fingerprint density at radius 2 is 1.83 bits per heavy atom. The normalized spacial score (nSPS) is 24.0. The minimum absolute atomic E-state index is 0.240. The third-order valence-electron chi connectivity index (χ3n) is 8.23. The summed E-state index contributed by atoms with van der Waals surface area (Å²) in [5, 5.41) is 32.3. The quantitative estimate of drug-likeness (QED) is 0.198. The van der Waals surface area contributed by atoms with Crippen molar-refractivity contribution in [3.63, 3.8) is 0 Å². The average Bonchev–Trinajstić information content (AvgIpc) is 3.90. The lowest BCUT2D eigenvalue weighted by atomic mass is 10.0. The van der Waals surface area contributed by atoms with Gasteiger partial charge in [-0.15, -0.1) is 11.3 Å². The molecule has 3 fully saturated rings. The second-order valence-corrected chi connectivity index (χ2v) is 12.5. The van der Waals surface area contributed by atoms with E-state index in [2.05, 4.69) is 20.9 Å². The van der Waals surface area contributed by atoms with E-state index in [0.29, 0.717) is 29.3 Å². The smallest absolute Gasteiger partial charge is 0.230 e. The summed E-state index contributed by atoms with van der Waals surface area (Å²) in [4.78, 5) is 32.3. The number of hydrogen-bond donors (Lipinski definition) is 5. The lowest BCUT2D eigenvalue weighted by molar-refractivity contribution is -0.123. The van der Waals surface area contributed by atoms with E-state index in [1.807, 2.05) is 37.4 Å². The lowest BCUT2D eigenvalue weighted by Gasteiger charge is -2.21. The van der Waals surface area contributed by atoms with Crippen molar-refractivity contribution in [3.8, 4) is 10.6 Å². The van der Waals surface area contributed by atoms with Gasteiger partial charge < -0.3 is 26.2 Å². The van der Waals surface area contributed by atoms with Crippen molar-refractivity contribution >= 4 is 44.9 Å². The predicted molar refractivity (Wildman–Crippen MR) is 159 cm³/mol. The van der Waals surface area contributed by atoms with Gasteiger partial charge in [-0.05, 0) is 63.1 Å². The first kappa shape index (κ1) is 26.2. The molecule has 7 rings (SSSR count). The van der Waals surface area contributed by atoms with Crippen LogP contribution >= 0.6 is 11.3 Å². The molecule has 0 unspecified atom stereocenters. The molecule has 0 radical (unpaired) electrons. The molecule has 11 heteroatoms. The van der Waals surface area contributed by atoms with Crippen molar-refractivity contribution in [2.75, 3.05) is 22.5 Å². The summed E-state index contributed by atoms with van der Waals surface area (Å²) in [6.07, 6.45) is 4.39. The maximum Gasteiger partial charge on any atom is 0.230 e. The van der Waals surface area contributed by atoms with Crippen molar-refractivity contribution in [2.45, 2.75) is 63.2 Å². The van der Waals surface area contributed by atoms with Gasteiger partial charge in [0.2, 0.25) is 11.9 Å². The molecule has 1 amide bonds. The van der Waals surface area contributed by atoms with E-state index in [-0.39, 0.29) is 12.3 Å². The monoisotopic (exact) mass is 571 g/mol. The molecule has 3 aliphatic carbocycles. The Morgan fingerprint density at radius 1 is 1.02 bits per heavy atom. The molecule has 0 aliphatic heterocycles. The summed E-state index contributed by atoms with van der Waals surface area (Å²) in [6.45, 7) is 2.74. The summed E-state index contributed by atoms with van der Waals surface area (Å²) in [5.74, 6) is 1.03. The number of fused-ring (bicyclic) bond motifs is 1. The summed E-state index contributed by atoms with van der Waals surface area (Å²) < 4.78 is 1.06. The van der Waals surface area contributed by atoms with Crippen LogP contribution < -0.4 is 16.0 Å². The van der Waals surface area contributed by atoms with Crippen LogP contribution in [0.4, 0.5) is 17.5 Å². The Balaban J connectivity index is 1.20. The van der Waals surface area contributed by atoms with Crippen molar-refractivity contribution < 1.29 is 15.0 Å². The molecule has 212 valence electrons. The van der Waals surface area contributed by atoms with E-state index in [1.165, 1.54) is 12.8 Å². The fraction of sp³-hybridized carbons (Fsp3) is 0.433. The number of para-hydroxylation sites is 1. The van der Waals surface area contributed by atoms with Gasteiger partial charge in [0.15, 0.2) is 0 Å². The van der Waals surface area contributed by atoms with E-state index in [4.69, 9.17) is 15.0 Å². The Hall–Kier alpha value is -3.67. The Labute approximate surface area is 241 Å². The molecular formula is C30H33N7O3S. The standard InChI is InChI=1S/C30H33N7O3S/c1-15-22(29-36-24-21(41-29)11-12-31-23(24)17-9-10-17)27(37-30(33-15)32-14-16-7-8-16)35-20-13-19(25(38)26(20)39)28(40)34-18-5-3-2-4-6-18/h2-6,11-12,16-17,19-20,25-26,38-39H,7-10,13-14H2,1H3,(H,34,40)(H2,32,33,35,37)/t19-,20+,25+,26-/m0/s1. The van der Waals surface area contributed by atoms with Crippen molar-refractivity contribution in [2.24, 2.45) is 11.8 Å². The minimum Gasteiger partial charge on any atom is -0.390 e. The number of carbonyl (C=O) groups excluding carboxylic acids is 1. The fourth-order valence-corrected chi connectivity index (χ4v) is 6.64. The first-order valence-electron chi connectivity index (χ1n) is 14.3. The summed E-state index contributed by atoms with van der Waals surface area (Å²) >= 11 is 1.57. The number of hydrogen-bond acceptors (Lipinski definition) is 10. The number of aryl methyl sites for hydroxylation is 1. The molecule has 3 heterocycles. The molecule has 0 saturated heterocycles. The summed E-state index contributed by atoms with van der Waals surface area (Å²) in [5.41, 5.74) is 4.12. The Kier molecular flexibility index (Phi) is 6.80. The number of anilines is 3. The number of nitrogens with zero attached hydrogens (tertiary/aromatic N) is 4. The van der Waals surface area contributed by atoms with Crippen LogP contribution in [0.25, 0.3) is 20.8 Å². The number of nitrogens with one attached hydrogen (secondary N) is 3. The summed E-state index contributed by atoms with van der Waals surface area (Å²) in [6, 6.07) is 10.5. The average molecular weight is 572 g/mol. The number of thiazole rings is 1. The largest absolute Gasteiger partial charge is 0.390 e. The Morgan fingerprint density at radius 3 is 2.59 bits per heavy atom. The van der Waals surface area contributed by atoms with E-state index >= 15 is 0 Å². The SMILES string of the molecule is Cc1nc(NCC2CC2)nc(N[C@@H]2C[C@H](C(=O)Nc3ccccc3)[C@@H](O)[C@H]2O)c1-c1nc2c(C3CC3)nccc2s1. The molecule has 4 atom stereocenters. The number of benzene rings is 1. The van der Waals surface area contributed by atoms with Crippen LogP contribution in [0, 0.1) is 18.8 Å². The topological polar surface area (TPSA) is 145 Å². The van der Waals surface area contributed by atoms with Crippen molar-refractivity contribution in [3.05, 3.63) is 54.0 Å². The van der Waals surface area contributed by atoms with E-state index in [9.17, 15) is 15.0 Å². The maximum atomic E-state index is 13.1. The highest BCUT2D eigenvalue weighted by atomic mass is 32.1. The molecule has 0 bridgehead atoms. The van der Waals surface area contributed by atoms with E-state index in [1.54, 1.807) is 23.5 Å². The molecule has 3 saturated carbocycles. The van der Waals surface area contributed by atoms with Crippen LogP contribution in [0.5, 0.6) is 0 Å². The highest BCUT2D eigenvalue weighted by molar-refractivity contribution is 7.21. The van der Waals surface area contributed by atoms with Gasteiger partial charge in [-0.25, -0.2) is 9.97 Å². The van der Waals surface area contributed by atoms with Crippen LogP contribution in [0.2, 0.25) is 0 Å². The van der Waals surface area contributed by atoms with Crippen LogP contribution in [0.3, 0.4) is 0 Å². The molecule has 41 heavy (non-hydrogen) atoms. The van der Waals surface area contributed by atoms with Gasteiger partial charge >= 0.3 is 0 Å². The number of amides is 1. The number of pyridine rings is 1. The molecule has 4 aromatic rings. The van der Waals surface area contributed by atoms with E-state index < -0.39 is 24.2 Å². The fourth-order valence-electron chi connectivity index (χ4n) is 5.57. The van der Waals surface area contributed by atoms with Gasteiger partial charge in [-0.2, -0.15) is 4.98 Å². The van der Waals surface area contributed by atoms with Crippen LogP contribution in [-0.4, -0.2) is 60.9 Å². The molecule has 3 aliphatic rings. The van der Waals surface area contributed by atoms with Gasteiger partial charge in [0.1, 0.15) is 22.4 Å². The number of aliphatic hydroxyl groups excluding tert-OH is 2. The van der Waals surface area contributed by atoms with Gasteiger partial charge in [-0.1, -0.05) is 18.2 Å². The summed E-state index contributed by atoms with van der Waals surface area (Å²) in [7, 11) is 0. The van der Waals surface area contributed by atoms with Crippen molar-refractivity contribution in [1.82, 2.24) is 19.9 Å². The maximum absolute atomic E-state index is 13.1. The zero-order chi connectivity index (χ0) is 28.1. The molecule has 5 N–H and O–H groups in total. The van der Waals surface area contributed by atoms with Crippen LogP contribution in [0.15, 0.2) is 42.6 Å². The van der Waals surface area contributed by atoms with Crippen LogP contribution in [-0.2, 0) is 4.79 Å². The van der Waals surface area contributed by atoms with Gasteiger partial charge in [-0.3, -0.25) is 9.78 Å². The highest BCUT2D eigenvalue weighted by Gasteiger charge is 2.45. The second-order valence-electron chi connectivity index (χ2n) is 11.4. The zero-order valence-corrected chi connectivity index (χ0v) is 23.6. The van der Waals surface area contributed by atoms with Gasteiger partial charge in [0, 0.05) is 24.3 Å². The second kappa shape index (κ2) is 10.6.